The second kappa shape index (κ2) is 4.99. The van der Waals surface area contributed by atoms with Gasteiger partial charge in [0.25, 0.3) is 0 Å². The van der Waals surface area contributed by atoms with Gasteiger partial charge in [0.2, 0.25) is 0 Å². The number of aromatic nitrogens is 3. The average Bonchev–Trinajstić information content (AvgIpc) is 2.84. The van der Waals surface area contributed by atoms with Crippen LogP contribution in [0.2, 0.25) is 0 Å². The van der Waals surface area contributed by atoms with Gasteiger partial charge in [0.05, 0.1) is 16.8 Å². The van der Waals surface area contributed by atoms with E-state index in [0.29, 0.717) is 11.0 Å². The number of aromatic carboxylic acids is 1. The normalized spacial score (nSPS) is 10.9. The lowest BCUT2D eigenvalue weighted by Crippen LogP contribution is -2.00. The van der Waals surface area contributed by atoms with Gasteiger partial charge in [0.15, 0.2) is 0 Å². The maximum atomic E-state index is 11.1. The number of fused-ring (bicyclic) bond motifs is 1. The van der Waals surface area contributed by atoms with Crippen LogP contribution < -0.4 is 0 Å². The molecule has 5 nitrogen and oxygen atoms in total. The van der Waals surface area contributed by atoms with Gasteiger partial charge in [-0.1, -0.05) is 21.1 Å². The third-order valence-electron chi connectivity index (χ3n) is 2.83. The van der Waals surface area contributed by atoms with Gasteiger partial charge < -0.3 is 5.11 Å². The molecule has 0 aliphatic heterocycles. The molecule has 3 rings (SSSR count). The van der Waals surface area contributed by atoms with Crippen LogP contribution in [0.5, 0.6) is 0 Å². The van der Waals surface area contributed by atoms with Gasteiger partial charge in [-0.3, -0.25) is 0 Å². The summed E-state index contributed by atoms with van der Waals surface area (Å²) in [6.45, 7) is 0. The topological polar surface area (TPSA) is 68.0 Å². The summed E-state index contributed by atoms with van der Waals surface area (Å²) >= 11 is 6.87. The fraction of sp³-hybridized carbons (Fsp3) is 0. The summed E-state index contributed by atoms with van der Waals surface area (Å²) in [5.74, 6) is -0.979. The van der Waals surface area contributed by atoms with Crippen molar-refractivity contribution in [3.05, 3.63) is 50.9 Å². The third kappa shape index (κ3) is 2.23. The number of carboxylic acid groups (broad SMARTS) is 1. The van der Waals surface area contributed by atoms with Crippen LogP contribution in [-0.4, -0.2) is 26.1 Å². The SMILES string of the molecule is O=C(O)c1ccc2nnn(-c3cc(Br)ccc3Br)c2c1. The lowest BCUT2D eigenvalue weighted by atomic mass is 10.2. The summed E-state index contributed by atoms with van der Waals surface area (Å²) < 4.78 is 3.35. The minimum atomic E-state index is -0.979. The largest absolute Gasteiger partial charge is 0.478 e. The summed E-state index contributed by atoms with van der Waals surface area (Å²) in [5, 5.41) is 17.2. The molecule has 0 amide bonds. The van der Waals surface area contributed by atoms with E-state index in [0.717, 1.165) is 14.6 Å². The van der Waals surface area contributed by atoms with Crippen LogP contribution in [-0.2, 0) is 0 Å². The molecule has 20 heavy (non-hydrogen) atoms. The van der Waals surface area contributed by atoms with Crippen LogP contribution >= 0.6 is 31.9 Å². The van der Waals surface area contributed by atoms with Crippen molar-refractivity contribution in [3.63, 3.8) is 0 Å². The highest BCUT2D eigenvalue weighted by Gasteiger charge is 2.12. The Morgan fingerprint density at radius 2 is 1.95 bits per heavy atom. The molecule has 1 N–H and O–H groups in total. The highest BCUT2D eigenvalue weighted by Crippen LogP contribution is 2.27. The van der Waals surface area contributed by atoms with Crippen LogP contribution in [0.15, 0.2) is 45.3 Å². The molecule has 0 unspecified atom stereocenters. The minimum absolute atomic E-state index is 0.201. The molecule has 0 saturated heterocycles. The van der Waals surface area contributed by atoms with Crippen molar-refractivity contribution in [3.8, 4) is 5.69 Å². The Hall–Kier alpha value is -1.73. The highest BCUT2D eigenvalue weighted by atomic mass is 79.9. The molecule has 100 valence electrons. The number of rotatable bonds is 2. The van der Waals surface area contributed by atoms with Gasteiger partial charge in [0.1, 0.15) is 5.52 Å². The first-order chi connectivity index (χ1) is 9.56. The van der Waals surface area contributed by atoms with E-state index in [4.69, 9.17) is 5.11 Å². The fourth-order valence-electron chi connectivity index (χ4n) is 1.88. The van der Waals surface area contributed by atoms with Gasteiger partial charge in [-0.05, 0) is 52.3 Å². The second-order valence-electron chi connectivity index (χ2n) is 4.11. The Morgan fingerprint density at radius 1 is 1.15 bits per heavy atom. The predicted octanol–water partition coefficient (Wildman–Crippen LogP) is 3.64. The Balaban J connectivity index is 2.28. The monoisotopic (exact) mass is 395 g/mol. The molecule has 0 saturated carbocycles. The quantitative estimate of drug-likeness (QED) is 0.717. The number of nitrogens with zero attached hydrogens (tertiary/aromatic N) is 3. The molecule has 0 aliphatic carbocycles. The van der Waals surface area contributed by atoms with Crippen molar-refractivity contribution in [1.82, 2.24) is 15.0 Å². The fourth-order valence-corrected chi connectivity index (χ4v) is 2.64. The van der Waals surface area contributed by atoms with Crippen LogP contribution in [0, 0.1) is 0 Å². The number of halogens is 2. The Morgan fingerprint density at radius 3 is 2.70 bits per heavy atom. The molecule has 0 spiro atoms. The Labute approximate surface area is 130 Å². The first-order valence-corrected chi connectivity index (χ1v) is 7.19. The van der Waals surface area contributed by atoms with Crippen molar-refractivity contribution >= 4 is 48.9 Å². The summed E-state index contributed by atoms with van der Waals surface area (Å²) in [6.07, 6.45) is 0. The lowest BCUT2D eigenvalue weighted by molar-refractivity contribution is 0.0697. The molecule has 1 heterocycles. The van der Waals surface area contributed by atoms with E-state index < -0.39 is 5.97 Å². The summed E-state index contributed by atoms with van der Waals surface area (Å²) in [4.78, 5) is 11.1. The molecule has 0 bridgehead atoms. The first kappa shape index (κ1) is 13.3. The smallest absolute Gasteiger partial charge is 0.335 e. The minimum Gasteiger partial charge on any atom is -0.478 e. The van der Waals surface area contributed by atoms with E-state index in [1.54, 1.807) is 16.8 Å². The van der Waals surface area contributed by atoms with Gasteiger partial charge in [-0.2, -0.15) is 0 Å². The average molecular weight is 397 g/mol. The first-order valence-electron chi connectivity index (χ1n) is 5.60. The van der Waals surface area contributed by atoms with Gasteiger partial charge in [-0.25, -0.2) is 9.48 Å². The van der Waals surface area contributed by atoms with Crippen molar-refractivity contribution in [2.45, 2.75) is 0 Å². The lowest BCUT2D eigenvalue weighted by Gasteiger charge is -2.06. The zero-order valence-electron chi connectivity index (χ0n) is 9.92. The predicted molar refractivity (Wildman–Crippen MR) is 81.2 cm³/mol. The molecule has 0 fully saturated rings. The van der Waals surface area contributed by atoms with Crippen LogP contribution in [0.3, 0.4) is 0 Å². The van der Waals surface area contributed by atoms with Crippen LogP contribution in [0.4, 0.5) is 0 Å². The Bertz CT molecular complexity index is 830. The Kier molecular flexibility index (Phi) is 3.31. The van der Waals surface area contributed by atoms with Crippen molar-refractivity contribution < 1.29 is 9.90 Å². The van der Waals surface area contributed by atoms with Crippen molar-refractivity contribution in [2.24, 2.45) is 0 Å². The molecule has 3 aromatic rings. The summed E-state index contributed by atoms with van der Waals surface area (Å²) in [7, 11) is 0. The van der Waals surface area contributed by atoms with Crippen molar-refractivity contribution in [2.75, 3.05) is 0 Å². The molecule has 0 aliphatic rings. The van der Waals surface area contributed by atoms with Gasteiger partial charge in [0, 0.05) is 8.95 Å². The molecule has 1 aromatic heterocycles. The molecule has 0 radical (unpaired) electrons. The van der Waals surface area contributed by atoms with E-state index in [1.165, 1.54) is 6.07 Å². The maximum absolute atomic E-state index is 11.1. The summed E-state index contributed by atoms with van der Waals surface area (Å²) in [6, 6.07) is 10.4. The van der Waals surface area contributed by atoms with E-state index >= 15 is 0 Å². The zero-order valence-corrected chi connectivity index (χ0v) is 13.1. The number of carboxylic acids is 1. The molecular weight excluding hydrogens is 390 g/mol. The van der Waals surface area contributed by atoms with Crippen molar-refractivity contribution in [1.29, 1.82) is 0 Å². The number of hydrogen-bond donors (Lipinski definition) is 1. The third-order valence-corrected chi connectivity index (χ3v) is 3.99. The van der Waals surface area contributed by atoms with Crippen LogP contribution in [0.1, 0.15) is 10.4 Å². The molecular formula is C13H7Br2N3O2. The van der Waals surface area contributed by atoms with Gasteiger partial charge in [-0.15, -0.1) is 5.10 Å². The highest BCUT2D eigenvalue weighted by molar-refractivity contribution is 9.11. The molecule has 7 heteroatoms. The summed E-state index contributed by atoms with van der Waals surface area (Å²) in [5.41, 5.74) is 2.27. The van der Waals surface area contributed by atoms with Crippen LogP contribution in [0.25, 0.3) is 16.7 Å². The molecule has 2 aromatic carbocycles. The van der Waals surface area contributed by atoms with E-state index in [1.807, 2.05) is 18.2 Å². The maximum Gasteiger partial charge on any atom is 0.335 e. The number of carbonyl (C=O) groups is 1. The van der Waals surface area contributed by atoms with Gasteiger partial charge >= 0.3 is 5.97 Å². The van der Waals surface area contributed by atoms with E-state index in [9.17, 15) is 4.79 Å². The number of hydrogen-bond acceptors (Lipinski definition) is 3. The molecule has 0 atom stereocenters. The van der Waals surface area contributed by atoms with E-state index in [2.05, 4.69) is 42.2 Å². The second-order valence-corrected chi connectivity index (χ2v) is 5.88. The zero-order chi connectivity index (χ0) is 14.3. The standard InChI is InChI=1S/C13H7Br2N3O2/c14-8-2-3-9(15)11(6-8)18-12-5-7(13(19)20)1-4-10(12)16-17-18/h1-6H,(H,19,20). The van der Waals surface area contributed by atoms with E-state index in [-0.39, 0.29) is 5.56 Å². The number of benzene rings is 2.